The van der Waals surface area contributed by atoms with E-state index in [1.54, 1.807) is 25.3 Å². The molecule has 0 aliphatic carbocycles. The van der Waals surface area contributed by atoms with Gasteiger partial charge in [0.1, 0.15) is 11.6 Å². The van der Waals surface area contributed by atoms with Crippen LogP contribution >= 0.6 is 0 Å². The standard InChI is InChI=1S/C16H23BFNO3/c1-15(2)16(3,4)22-17(21-15)12(10-19)8-11-9-13(20-5)6-7-14(11)18/h6-9H,10,19H2,1-5H3. The lowest BCUT2D eigenvalue weighted by Gasteiger charge is -2.32. The summed E-state index contributed by atoms with van der Waals surface area (Å²) in [6, 6.07) is 4.56. The van der Waals surface area contributed by atoms with Gasteiger partial charge in [-0.15, -0.1) is 0 Å². The fraction of sp³-hybridized carbons (Fsp3) is 0.500. The van der Waals surface area contributed by atoms with Gasteiger partial charge in [-0.2, -0.15) is 0 Å². The summed E-state index contributed by atoms with van der Waals surface area (Å²) in [5, 5.41) is 0. The maximum Gasteiger partial charge on any atom is 0.491 e. The highest BCUT2D eigenvalue weighted by Gasteiger charge is 2.52. The van der Waals surface area contributed by atoms with Crippen LogP contribution in [0.25, 0.3) is 6.08 Å². The highest BCUT2D eigenvalue weighted by Crippen LogP contribution is 2.38. The zero-order chi connectivity index (χ0) is 16.5. The average molecular weight is 307 g/mol. The summed E-state index contributed by atoms with van der Waals surface area (Å²) in [5.41, 5.74) is 5.98. The first-order valence-corrected chi connectivity index (χ1v) is 7.30. The smallest absolute Gasteiger partial charge is 0.491 e. The highest BCUT2D eigenvalue weighted by atomic mass is 19.1. The lowest BCUT2D eigenvalue weighted by Crippen LogP contribution is -2.41. The van der Waals surface area contributed by atoms with Crippen molar-refractivity contribution in [1.29, 1.82) is 0 Å². The van der Waals surface area contributed by atoms with Crippen LogP contribution in [-0.4, -0.2) is 32.0 Å². The molecule has 1 saturated heterocycles. The lowest BCUT2D eigenvalue weighted by atomic mass is 9.77. The van der Waals surface area contributed by atoms with Crippen molar-refractivity contribution in [3.05, 3.63) is 35.1 Å². The Bertz CT molecular complexity index is 571. The van der Waals surface area contributed by atoms with Crippen molar-refractivity contribution in [1.82, 2.24) is 0 Å². The molecule has 0 radical (unpaired) electrons. The molecule has 6 heteroatoms. The predicted molar refractivity (Wildman–Crippen MR) is 86.1 cm³/mol. The number of halogens is 1. The minimum absolute atomic E-state index is 0.216. The Balaban J connectivity index is 2.33. The number of hydrogen-bond acceptors (Lipinski definition) is 4. The molecule has 0 saturated carbocycles. The van der Waals surface area contributed by atoms with Gasteiger partial charge in [-0.05, 0) is 51.4 Å². The topological polar surface area (TPSA) is 53.7 Å². The van der Waals surface area contributed by atoms with E-state index in [2.05, 4.69) is 0 Å². The van der Waals surface area contributed by atoms with E-state index in [-0.39, 0.29) is 12.4 Å². The van der Waals surface area contributed by atoms with E-state index in [4.69, 9.17) is 19.8 Å². The van der Waals surface area contributed by atoms with Gasteiger partial charge in [0.25, 0.3) is 0 Å². The summed E-state index contributed by atoms with van der Waals surface area (Å²) in [6.07, 6.45) is 1.67. The van der Waals surface area contributed by atoms with E-state index < -0.39 is 18.3 Å². The van der Waals surface area contributed by atoms with Crippen LogP contribution in [-0.2, 0) is 9.31 Å². The van der Waals surface area contributed by atoms with Gasteiger partial charge < -0.3 is 19.8 Å². The van der Waals surface area contributed by atoms with Gasteiger partial charge in [0.05, 0.1) is 18.3 Å². The molecule has 1 aliphatic heterocycles. The van der Waals surface area contributed by atoms with Crippen LogP contribution in [0.2, 0.25) is 0 Å². The number of benzene rings is 1. The highest BCUT2D eigenvalue weighted by molar-refractivity contribution is 6.55. The molecule has 1 aliphatic rings. The predicted octanol–water partition coefficient (Wildman–Crippen LogP) is 2.81. The molecule has 0 bridgehead atoms. The van der Waals surface area contributed by atoms with Gasteiger partial charge in [-0.3, -0.25) is 0 Å². The quantitative estimate of drug-likeness (QED) is 0.869. The third-order valence-corrected chi connectivity index (χ3v) is 4.34. The first-order chi connectivity index (χ1) is 10.2. The molecule has 0 unspecified atom stereocenters. The van der Waals surface area contributed by atoms with Crippen LogP contribution in [0, 0.1) is 5.82 Å². The average Bonchev–Trinajstić information content (AvgIpc) is 2.66. The molecule has 1 aromatic carbocycles. The minimum atomic E-state index is -0.583. The van der Waals surface area contributed by atoms with Crippen molar-refractivity contribution in [3.8, 4) is 5.75 Å². The number of rotatable bonds is 4. The summed E-state index contributed by atoms with van der Waals surface area (Å²) in [7, 11) is 0.958. The normalized spacial score (nSPS) is 20.3. The fourth-order valence-electron chi connectivity index (χ4n) is 2.18. The van der Waals surface area contributed by atoms with Crippen LogP contribution in [0.1, 0.15) is 33.3 Å². The second kappa shape index (κ2) is 6.03. The van der Waals surface area contributed by atoms with E-state index >= 15 is 0 Å². The largest absolute Gasteiger partial charge is 0.497 e. The molecule has 4 nitrogen and oxygen atoms in total. The summed E-state index contributed by atoms with van der Waals surface area (Å²) in [5.74, 6) is 0.237. The molecule has 22 heavy (non-hydrogen) atoms. The Hall–Kier alpha value is -1.37. The van der Waals surface area contributed by atoms with Gasteiger partial charge in [-0.25, -0.2) is 4.39 Å². The Morgan fingerprint density at radius 3 is 2.36 bits per heavy atom. The lowest BCUT2D eigenvalue weighted by molar-refractivity contribution is 0.00578. The number of hydrogen-bond donors (Lipinski definition) is 1. The number of methoxy groups -OCH3 is 1. The Morgan fingerprint density at radius 1 is 1.27 bits per heavy atom. The first-order valence-electron chi connectivity index (χ1n) is 7.30. The minimum Gasteiger partial charge on any atom is -0.497 e. The Kier molecular flexibility index (Phi) is 4.66. The summed E-state index contributed by atoms with van der Waals surface area (Å²) in [6.45, 7) is 8.08. The molecule has 1 aromatic rings. The zero-order valence-electron chi connectivity index (χ0n) is 13.8. The zero-order valence-corrected chi connectivity index (χ0v) is 13.8. The van der Waals surface area contributed by atoms with E-state index in [1.807, 2.05) is 27.7 Å². The van der Waals surface area contributed by atoms with Gasteiger partial charge in [0.15, 0.2) is 0 Å². The summed E-state index contributed by atoms with van der Waals surface area (Å²) >= 11 is 0. The van der Waals surface area contributed by atoms with Crippen molar-refractivity contribution in [2.45, 2.75) is 38.9 Å². The molecule has 1 fully saturated rings. The maximum absolute atomic E-state index is 14.0. The summed E-state index contributed by atoms with van der Waals surface area (Å²) < 4.78 is 31.0. The Morgan fingerprint density at radius 2 is 1.86 bits per heavy atom. The van der Waals surface area contributed by atoms with E-state index in [0.717, 1.165) is 0 Å². The number of nitrogens with two attached hydrogens (primary N) is 1. The number of ether oxygens (including phenoxy) is 1. The van der Waals surface area contributed by atoms with Crippen molar-refractivity contribution < 1.29 is 18.4 Å². The third kappa shape index (κ3) is 3.19. The molecule has 2 N–H and O–H groups in total. The van der Waals surface area contributed by atoms with E-state index in [0.29, 0.717) is 16.8 Å². The van der Waals surface area contributed by atoms with Crippen LogP contribution < -0.4 is 10.5 Å². The molecule has 0 amide bonds. The van der Waals surface area contributed by atoms with E-state index in [1.165, 1.54) is 6.07 Å². The van der Waals surface area contributed by atoms with Crippen LogP contribution in [0.15, 0.2) is 23.7 Å². The molecule has 0 spiro atoms. The second-order valence-corrected chi connectivity index (χ2v) is 6.40. The van der Waals surface area contributed by atoms with Gasteiger partial charge >= 0.3 is 7.12 Å². The second-order valence-electron chi connectivity index (χ2n) is 6.40. The van der Waals surface area contributed by atoms with Crippen molar-refractivity contribution in [2.24, 2.45) is 5.73 Å². The maximum atomic E-state index is 14.0. The summed E-state index contributed by atoms with van der Waals surface area (Å²) in [4.78, 5) is 0. The first kappa shape index (κ1) is 17.0. The van der Waals surface area contributed by atoms with Crippen LogP contribution in [0.4, 0.5) is 4.39 Å². The molecule has 0 atom stereocenters. The molecule has 1 heterocycles. The van der Waals surface area contributed by atoms with E-state index in [9.17, 15) is 4.39 Å². The van der Waals surface area contributed by atoms with Crippen LogP contribution in [0.5, 0.6) is 5.75 Å². The SMILES string of the molecule is COc1ccc(F)c(C=C(CN)B2OC(C)(C)C(C)(C)O2)c1. The van der Waals surface area contributed by atoms with Crippen molar-refractivity contribution >= 4 is 13.2 Å². The molecular formula is C16H23BFNO3. The van der Waals surface area contributed by atoms with Gasteiger partial charge in [-0.1, -0.05) is 6.08 Å². The van der Waals surface area contributed by atoms with Crippen molar-refractivity contribution in [3.63, 3.8) is 0 Å². The van der Waals surface area contributed by atoms with Crippen molar-refractivity contribution in [2.75, 3.05) is 13.7 Å². The fourth-order valence-corrected chi connectivity index (χ4v) is 2.18. The monoisotopic (exact) mass is 307 g/mol. The molecule has 2 rings (SSSR count). The molecular weight excluding hydrogens is 284 g/mol. The molecule has 120 valence electrons. The molecule has 0 aromatic heterocycles. The van der Waals surface area contributed by atoms with Gasteiger partial charge in [0.2, 0.25) is 0 Å². The Labute approximate surface area is 131 Å². The van der Waals surface area contributed by atoms with Crippen LogP contribution in [0.3, 0.4) is 0 Å². The van der Waals surface area contributed by atoms with Gasteiger partial charge in [0, 0.05) is 12.1 Å². The third-order valence-electron chi connectivity index (χ3n) is 4.34.